The number of rotatable bonds is 5. The highest BCUT2D eigenvalue weighted by Gasteiger charge is 2.38. The second-order valence-electron chi connectivity index (χ2n) is 8.52. The second kappa shape index (κ2) is 11.2. The topological polar surface area (TPSA) is 120 Å². The highest BCUT2D eigenvalue weighted by Crippen LogP contribution is 2.27. The van der Waals surface area contributed by atoms with E-state index in [0.717, 1.165) is 46.0 Å². The van der Waals surface area contributed by atoms with Gasteiger partial charge in [-0.05, 0) is 42.8 Å². The molecule has 3 aromatic heterocycles. The zero-order valence-electron chi connectivity index (χ0n) is 20.2. The molecule has 0 unspecified atom stereocenters. The largest absolute Gasteiger partial charge is 0.490 e. The third kappa shape index (κ3) is 6.36. The van der Waals surface area contributed by atoms with Gasteiger partial charge in [-0.15, -0.1) is 0 Å². The van der Waals surface area contributed by atoms with Gasteiger partial charge in [0, 0.05) is 53.9 Å². The van der Waals surface area contributed by atoms with Crippen LogP contribution in [-0.4, -0.2) is 44.7 Å². The highest BCUT2D eigenvalue weighted by atomic mass is 19.4. The van der Waals surface area contributed by atoms with Crippen molar-refractivity contribution in [3.05, 3.63) is 89.9 Å². The zero-order valence-corrected chi connectivity index (χ0v) is 20.2. The van der Waals surface area contributed by atoms with E-state index in [2.05, 4.69) is 44.6 Å². The molecule has 8 nitrogen and oxygen atoms in total. The van der Waals surface area contributed by atoms with Crippen LogP contribution in [0.15, 0.2) is 73.1 Å². The number of benzene rings is 1. The number of aromatic nitrogens is 3. The van der Waals surface area contributed by atoms with Crippen molar-refractivity contribution in [2.24, 2.45) is 0 Å². The van der Waals surface area contributed by atoms with Gasteiger partial charge in [-0.3, -0.25) is 9.78 Å². The summed E-state index contributed by atoms with van der Waals surface area (Å²) in [6.07, 6.45) is -0.646. The van der Waals surface area contributed by atoms with Crippen molar-refractivity contribution in [3.63, 3.8) is 0 Å². The number of anilines is 1. The summed E-state index contributed by atoms with van der Waals surface area (Å²) in [5.74, 6) is -1.96. The third-order valence-corrected chi connectivity index (χ3v) is 5.84. The number of carbonyl (C=O) groups is 2. The van der Waals surface area contributed by atoms with Crippen LogP contribution in [0.3, 0.4) is 0 Å². The SMILES string of the molecule is C[C@@H](Nc1ccc(-c2cc(-c3cc4c([nH]3)CCNC4=O)ccn2)cn1)c1ccccc1.O=C(O)C(F)(F)F. The van der Waals surface area contributed by atoms with Crippen LogP contribution in [0.4, 0.5) is 19.0 Å². The molecule has 0 bridgehead atoms. The van der Waals surface area contributed by atoms with Crippen LogP contribution < -0.4 is 10.6 Å². The van der Waals surface area contributed by atoms with Gasteiger partial charge >= 0.3 is 12.1 Å². The average molecular weight is 524 g/mol. The smallest absolute Gasteiger partial charge is 0.475 e. The molecule has 1 aromatic carbocycles. The minimum absolute atomic E-state index is 0.0185. The predicted molar refractivity (Wildman–Crippen MR) is 135 cm³/mol. The van der Waals surface area contributed by atoms with Crippen molar-refractivity contribution in [1.82, 2.24) is 20.3 Å². The number of hydrogen-bond acceptors (Lipinski definition) is 5. The number of fused-ring (bicyclic) bond motifs is 1. The van der Waals surface area contributed by atoms with Gasteiger partial charge in [0.05, 0.1) is 11.3 Å². The van der Waals surface area contributed by atoms with Crippen LogP contribution in [0.25, 0.3) is 22.5 Å². The standard InChI is InChI=1S/C25H23N5O.C2HF3O2/c1-16(17-5-3-2-4-6-17)29-24-8-7-19(15-28-24)22-13-18(9-11-26-22)23-14-20-21(30-23)10-12-27-25(20)31;3-2(4,5)1(6)7/h2-9,11,13-16,30H,10,12H2,1H3,(H,27,31)(H,28,29);(H,6,7)/t16-;/m1./s1. The van der Waals surface area contributed by atoms with Gasteiger partial charge in [0.1, 0.15) is 5.82 Å². The average Bonchev–Trinajstić information content (AvgIpc) is 3.36. The van der Waals surface area contributed by atoms with Crippen LogP contribution in [0, 0.1) is 0 Å². The lowest BCUT2D eigenvalue weighted by Crippen LogP contribution is -2.31. The molecular weight excluding hydrogens is 499 g/mol. The van der Waals surface area contributed by atoms with Crippen LogP contribution >= 0.6 is 0 Å². The highest BCUT2D eigenvalue weighted by molar-refractivity contribution is 5.97. The number of carbonyl (C=O) groups excluding carboxylic acids is 1. The first-order chi connectivity index (χ1) is 18.1. The Balaban J connectivity index is 0.000000426. The van der Waals surface area contributed by atoms with E-state index in [-0.39, 0.29) is 11.9 Å². The minimum Gasteiger partial charge on any atom is -0.475 e. The summed E-state index contributed by atoms with van der Waals surface area (Å²) in [6.45, 7) is 2.79. The van der Waals surface area contributed by atoms with Crippen LogP contribution in [0.5, 0.6) is 0 Å². The fourth-order valence-corrected chi connectivity index (χ4v) is 3.88. The summed E-state index contributed by atoms with van der Waals surface area (Å²) >= 11 is 0. The Morgan fingerprint density at radius 1 is 1.05 bits per heavy atom. The molecule has 5 rings (SSSR count). The number of alkyl halides is 3. The molecule has 196 valence electrons. The number of pyridine rings is 2. The number of amides is 1. The van der Waals surface area contributed by atoms with E-state index in [1.54, 1.807) is 6.20 Å². The van der Waals surface area contributed by atoms with Crippen molar-refractivity contribution in [3.8, 4) is 22.5 Å². The zero-order chi connectivity index (χ0) is 27.3. The van der Waals surface area contributed by atoms with E-state index in [0.29, 0.717) is 6.54 Å². The van der Waals surface area contributed by atoms with E-state index in [4.69, 9.17) is 9.90 Å². The molecule has 0 aliphatic carbocycles. The molecule has 0 saturated heterocycles. The molecule has 1 aliphatic heterocycles. The number of halogens is 3. The maximum atomic E-state index is 12.1. The van der Waals surface area contributed by atoms with Crippen molar-refractivity contribution in [2.75, 3.05) is 11.9 Å². The Bertz CT molecular complexity index is 1420. The van der Waals surface area contributed by atoms with Gasteiger partial charge in [0.2, 0.25) is 0 Å². The van der Waals surface area contributed by atoms with Crippen LogP contribution in [0.2, 0.25) is 0 Å². The Hall–Kier alpha value is -4.67. The molecule has 4 heterocycles. The molecule has 11 heteroatoms. The van der Waals surface area contributed by atoms with Gasteiger partial charge in [-0.25, -0.2) is 9.78 Å². The number of carboxylic acids is 1. The summed E-state index contributed by atoms with van der Waals surface area (Å²) in [5, 5.41) is 13.4. The molecule has 38 heavy (non-hydrogen) atoms. The molecule has 0 saturated carbocycles. The fraction of sp³-hybridized carbons (Fsp3) is 0.185. The first-order valence-electron chi connectivity index (χ1n) is 11.7. The summed E-state index contributed by atoms with van der Waals surface area (Å²) < 4.78 is 31.7. The number of aliphatic carboxylic acids is 1. The summed E-state index contributed by atoms with van der Waals surface area (Å²) in [5.41, 5.74) is 6.62. The van der Waals surface area contributed by atoms with Gasteiger partial charge in [0.25, 0.3) is 5.91 Å². The molecule has 1 aliphatic rings. The second-order valence-corrected chi connectivity index (χ2v) is 8.52. The molecule has 0 spiro atoms. The lowest BCUT2D eigenvalue weighted by atomic mass is 10.1. The molecular formula is C27H24F3N5O3. The lowest BCUT2D eigenvalue weighted by Gasteiger charge is -2.15. The number of aromatic amines is 1. The van der Waals surface area contributed by atoms with Crippen molar-refractivity contribution in [2.45, 2.75) is 25.6 Å². The Kier molecular flexibility index (Phi) is 7.75. The quantitative estimate of drug-likeness (QED) is 0.284. The normalized spacial score (nSPS) is 13.4. The number of H-pyrrole nitrogens is 1. The number of nitrogens with zero attached hydrogens (tertiary/aromatic N) is 2. The fourth-order valence-electron chi connectivity index (χ4n) is 3.88. The Morgan fingerprint density at radius 3 is 2.42 bits per heavy atom. The van der Waals surface area contributed by atoms with E-state index in [9.17, 15) is 18.0 Å². The summed E-state index contributed by atoms with van der Waals surface area (Å²) in [7, 11) is 0. The predicted octanol–water partition coefficient (Wildman–Crippen LogP) is 5.23. The number of carboxylic acid groups (broad SMARTS) is 1. The van der Waals surface area contributed by atoms with Crippen LogP contribution in [-0.2, 0) is 11.2 Å². The molecule has 4 N–H and O–H groups in total. The molecule has 4 aromatic rings. The van der Waals surface area contributed by atoms with E-state index in [1.165, 1.54) is 5.56 Å². The van der Waals surface area contributed by atoms with Gasteiger partial charge in [-0.2, -0.15) is 13.2 Å². The first-order valence-corrected chi connectivity index (χ1v) is 11.7. The molecule has 1 amide bonds. The van der Waals surface area contributed by atoms with E-state index >= 15 is 0 Å². The first kappa shape index (κ1) is 26.4. The molecule has 0 radical (unpaired) electrons. The van der Waals surface area contributed by atoms with E-state index in [1.807, 2.05) is 54.7 Å². The minimum atomic E-state index is -5.08. The van der Waals surface area contributed by atoms with Crippen molar-refractivity contribution in [1.29, 1.82) is 0 Å². The van der Waals surface area contributed by atoms with Crippen LogP contribution in [0.1, 0.15) is 34.6 Å². The Morgan fingerprint density at radius 2 is 1.79 bits per heavy atom. The molecule has 0 fully saturated rings. The lowest BCUT2D eigenvalue weighted by molar-refractivity contribution is -0.192. The third-order valence-electron chi connectivity index (χ3n) is 5.84. The van der Waals surface area contributed by atoms with Gasteiger partial charge in [0.15, 0.2) is 0 Å². The summed E-state index contributed by atoms with van der Waals surface area (Å²) in [4.78, 5) is 33.4. The van der Waals surface area contributed by atoms with Crippen molar-refractivity contribution < 1.29 is 27.9 Å². The Labute approximate surface area is 216 Å². The van der Waals surface area contributed by atoms with Crippen molar-refractivity contribution >= 4 is 17.7 Å². The monoisotopic (exact) mass is 523 g/mol. The molecule has 1 atom stereocenters. The summed E-state index contributed by atoms with van der Waals surface area (Å²) in [6, 6.07) is 20.3. The van der Waals surface area contributed by atoms with E-state index < -0.39 is 12.1 Å². The number of nitrogens with one attached hydrogen (secondary N) is 3. The number of hydrogen-bond donors (Lipinski definition) is 4. The van der Waals surface area contributed by atoms with Gasteiger partial charge in [-0.1, -0.05) is 30.3 Å². The maximum Gasteiger partial charge on any atom is 0.490 e. The van der Waals surface area contributed by atoms with Gasteiger partial charge < -0.3 is 20.7 Å². The maximum absolute atomic E-state index is 12.1.